The molecule has 0 saturated carbocycles. The van der Waals surface area contributed by atoms with Gasteiger partial charge >= 0.3 is 0 Å². The fraction of sp³-hybridized carbons (Fsp3) is 0.400. The van der Waals surface area contributed by atoms with E-state index < -0.39 is 0 Å². The average molecular weight is 249 g/mol. The predicted octanol–water partition coefficient (Wildman–Crippen LogP) is 3.00. The van der Waals surface area contributed by atoms with Crippen LogP contribution in [0.1, 0.15) is 12.5 Å². The first-order valence-electron chi connectivity index (χ1n) is 4.61. The highest BCUT2D eigenvalue weighted by molar-refractivity contribution is 6.37. The maximum atomic E-state index is 9.53. The second-order valence-corrected chi connectivity index (χ2v) is 3.99. The van der Waals surface area contributed by atoms with Crippen molar-refractivity contribution in [3.05, 3.63) is 21.7 Å². The summed E-state index contributed by atoms with van der Waals surface area (Å²) >= 11 is 11.7. The molecular formula is C10H10Cl2O3. The number of aromatic hydroxyl groups is 1. The fourth-order valence-corrected chi connectivity index (χ4v) is 2.06. The molecule has 1 atom stereocenters. The van der Waals surface area contributed by atoms with E-state index in [0.717, 1.165) is 5.56 Å². The number of halogens is 2. The van der Waals surface area contributed by atoms with E-state index in [1.54, 1.807) is 6.07 Å². The highest BCUT2D eigenvalue weighted by Gasteiger charge is 2.28. The Morgan fingerprint density at radius 2 is 2.33 bits per heavy atom. The number of rotatable bonds is 2. The normalized spacial score (nSPS) is 18.7. The lowest BCUT2D eigenvalue weighted by atomic mass is 10.1. The van der Waals surface area contributed by atoms with Crippen LogP contribution in [0.3, 0.4) is 0 Å². The zero-order valence-corrected chi connectivity index (χ0v) is 9.60. The van der Waals surface area contributed by atoms with Crippen molar-refractivity contribution in [2.45, 2.75) is 19.6 Å². The molecule has 1 aromatic rings. The number of phenols is 1. The van der Waals surface area contributed by atoms with Crippen LogP contribution in [0.25, 0.3) is 0 Å². The number of hydrogen-bond acceptors (Lipinski definition) is 3. The molecule has 0 aliphatic carbocycles. The highest BCUT2D eigenvalue weighted by Crippen LogP contribution is 2.44. The highest BCUT2D eigenvalue weighted by atomic mass is 35.5. The Balaban J connectivity index is 2.34. The third kappa shape index (κ3) is 1.87. The summed E-state index contributed by atoms with van der Waals surface area (Å²) in [7, 11) is 0. The van der Waals surface area contributed by atoms with E-state index in [-0.39, 0.29) is 22.1 Å². The van der Waals surface area contributed by atoms with Gasteiger partial charge in [-0.3, -0.25) is 0 Å². The maximum absolute atomic E-state index is 9.53. The van der Waals surface area contributed by atoms with Gasteiger partial charge in [-0.15, -0.1) is 0 Å². The number of benzene rings is 1. The molecule has 1 N–H and O–H groups in total. The zero-order chi connectivity index (χ0) is 11.0. The number of ether oxygens (including phenoxy) is 2. The van der Waals surface area contributed by atoms with Gasteiger partial charge in [-0.1, -0.05) is 23.2 Å². The second-order valence-electron chi connectivity index (χ2n) is 3.20. The molecule has 0 fully saturated rings. The van der Waals surface area contributed by atoms with E-state index in [2.05, 4.69) is 0 Å². The van der Waals surface area contributed by atoms with E-state index in [4.69, 9.17) is 32.7 Å². The molecule has 2 rings (SSSR count). The van der Waals surface area contributed by atoms with Crippen LogP contribution in [-0.2, 0) is 11.2 Å². The van der Waals surface area contributed by atoms with Crippen molar-refractivity contribution in [2.24, 2.45) is 0 Å². The van der Waals surface area contributed by atoms with Gasteiger partial charge in [0.05, 0.1) is 10.0 Å². The molecule has 1 heterocycles. The van der Waals surface area contributed by atoms with Crippen LogP contribution in [0.2, 0.25) is 10.0 Å². The summed E-state index contributed by atoms with van der Waals surface area (Å²) in [6.07, 6.45) is 0.201. The van der Waals surface area contributed by atoms with Gasteiger partial charge in [-0.05, 0) is 6.92 Å². The Kier molecular flexibility index (Phi) is 2.96. The summed E-state index contributed by atoms with van der Waals surface area (Å²) in [6.45, 7) is 2.45. The number of fused-ring (bicyclic) bond motifs is 1. The summed E-state index contributed by atoms with van der Waals surface area (Å²) in [6, 6.07) is 1.55. The minimum absolute atomic E-state index is 0.0992. The summed E-state index contributed by atoms with van der Waals surface area (Å²) in [5.41, 5.74) is 0.747. The van der Waals surface area contributed by atoms with Crippen LogP contribution >= 0.6 is 23.2 Å². The average Bonchev–Trinajstić information content (AvgIpc) is 2.58. The summed E-state index contributed by atoms with van der Waals surface area (Å²) < 4.78 is 10.8. The molecule has 0 amide bonds. The second kappa shape index (κ2) is 4.08. The van der Waals surface area contributed by atoms with Crippen molar-refractivity contribution in [3.8, 4) is 11.5 Å². The van der Waals surface area contributed by atoms with Gasteiger partial charge in [0.1, 0.15) is 5.75 Å². The summed E-state index contributed by atoms with van der Waals surface area (Å²) in [5.74, 6) is 0.485. The van der Waals surface area contributed by atoms with Gasteiger partial charge in [-0.25, -0.2) is 0 Å². The van der Waals surface area contributed by atoms with Crippen LogP contribution in [0.5, 0.6) is 11.5 Å². The number of hydrogen-bond donors (Lipinski definition) is 1. The smallest absolute Gasteiger partial charge is 0.204 e. The first-order valence-corrected chi connectivity index (χ1v) is 5.37. The Hall–Kier alpha value is -0.640. The van der Waals surface area contributed by atoms with E-state index in [1.165, 1.54) is 0 Å². The molecule has 0 saturated heterocycles. The van der Waals surface area contributed by atoms with Crippen LogP contribution in [0, 0.1) is 0 Å². The van der Waals surface area contributed by atoms with Gasteiger partial charge in [0.2, 0.25) is 6.29 Å². The van der Waals surface area contributed by atoms with E-state index in [0.29, 0.717) is 18.8 Å². The molecule has 1 aliphatic rings. The molecule has 0 radical (unpaired) electrons. The molecule has 5 heteroatoms. The van der Waals surface area contributed by atoms with Crippen LogP contribution in [-0.4, -0.2) is 18.0 Å². The van der Waals surface area contributed by atoms with Crippen LogP contribution in [0.15, 0.2) is 6.07 Å². The predicted molar refractivity (Wildman–Crippen MR) is 57.9 cm³/mol. The molecule has 0 aromatic heterocycles. The molecule has 0 bridgehead atoms. The van der Waals surface area contributed by atoms with E-state index in [9.17, 15) is 5.11 Å². The van der Waals surface area contributed by atoms with Gasteiger partial charge in [0, 0.05) is 24.7 Å². The minimum Gasteiger partial charge on any atom is -0.505 e. The Bertz CT molecular complexity index is 393. The molecule has 1 aromatic carbocycles. The first-order chi connectivity index (χ1) is 7.13. The molecule has 82 valence electrons. The van der Waals surface area contributed by atoms with Crippen molar-refractivity contribution in [1.29, 1.82) is 0 Å². The van der Waals surface area contributed by atoms with Gasteiger partial charge in [0.25, 0.3) is 0 Å². The third-order valence-electron chi connectivity index (χ3n) is 2.24. The fourth-order valence-electron chi connectivity index (χ4n) is 1.55. The standard InChI is InChI=1S/C10H10Cl2O3/c1-2-14-8-3-5-7(15-8)4-6(11)10(13)9(5)12/h4,8,13H,2-3H2,1H3. The zero-order valence-electron chi connectivity index (χ0n) is 8.09. The first kappa shape index (κ1) is 10.9. The molecule has 0 spiro atoms. The quantitative estimate of drug-likeness (QED) is 0.875. The van der Waals surface area contributed by atoms with Crippen molar-refractivity contribution in [2.75, 3.05) is 6.61 Å². The lowest BCUT2D eigenvalue weighted by Gasteiger charge is -2.09. The van der Waals surface area contributed by atoms with E-state index >= 15 is 0 Å². The topological polar surface area (TPSA) is 38.7 Å². The van der Waals surface area contributed by atoms with Gasteiger partial charge in [-0.2, -0.15) is 0 Å². The molecule has 15 heavy (non-hydrogen) atoms. The Morgan fingerprint density at radius 3 is 3.00 bits per heavy atom. The molecule has 3 nitrogen and oxygen atoms in total. The minimum atomic E-state index is -0.333. The maximum Gasteiger partial charge on any atom is 0.204 e. The Labute approximate surface area is 97.5 Å². The SMILES string of the molecule is CCOC1Cc2c(cc(Cl)c(O)c2Cl)O1. The largest absolute Gasteiger partial charge is 0.505 e. The molecule has 1 aliphatic heterocycles. The van der Waals surface area contributed by atoms with Crippen molar-refractivity contribution in [3.63, 3.8) is 0 Å². The monoisotopic (exact) mass is 248 g/mol. The van der Waals surface area contributed by atoms with Crippen LogP contribution < -0.4 is 4.74 Å². The van der Waals surface area contributed by atoms with Gasteiger partial charge in [0.15, 0.2) is 5.75 Å². The van der Waals surface area contributed by atoms with Crippen LogP contribution in [0.4, 0.5) is 0 Å². The summed E-state index contributed by atoms with van der Waals surface area (Å²) in [5, 5.41) is 9.97. The third-order valence-corrected chi connectivity index (χ3v) is 2.93. The lowest BCUT2D eigenvalue weighted by Crippen LogP contribution is -2.16. The van der Waals surface area contributed by atoms with E-state index in [1.807, 2.05) is 6.92 Å². The van der Waals surface area contributed by atoms with Crippen molar-refractivity contribution < 1.29 is 14.6 Å². The number of phenolic OH excluding ortho intramolecular Hbond substituents is 1. The Morgan fingerprint density at radius 1 is 1.60 bits per heavy atom. The molecule has 1 unspecified atom stereocenters. The molecular weight excluding hydrogens is 239 g/mol. The van der Waals surface area contributed by atoms with Crippen molar-refractivity contribution >= 4 is 23.2 Å². The lowest BCUT2D eigenvalue weighted by molar-refractivity contribution is -0.0602. The van der Waals surface area contributed by atoms with Crippen molar-refractivity contribution in [1.82, 2.24) is 0 Å². The summed E-state index contributed by atoms with van der Waals surface area (Å²) in [4.78, 5) is 0. The van der Waals surface area contributed by atoms with Gasteiger partial charge < -0.3 is 14.6 Å².